The quantitative estimate of drug-likeness (QED) is 0.789. The molecule has 16 heavy (non-hydrogen) atoms. The van der Waals surface area contributed by atoms with E-state index in [0.29, 0.717) is 5.92 Å². The fraction of sp³-hybridized carbons (Fsp3) is 0.500. The second-order valence-corrected chi connectivity index (χ2v) is 4.21. The third-order valence-corrected chi connectivity index (χ3v) is 2.98. The van der Waals surface area contributed by atoms with Crippen LogP contribution in [0.2, 0.25) is 0 Å². The summed E-state index contributed by atoms with van der Waals surface area (Å²) in [4.78, 5) is 0. The Labute approximate surface area is 94.2 Å². The van der Waals surface area contributed by atoms with Crippen molar-refractivity contribution in [3.8, 4) is 0 Å². The van der Waals surface area contributed by atoms with E-state index in [-0.39, 0.29) is 6.23 Å². The van der Waals surface area contributed by atoms with Crippen molar-refractivity contribution in [3.05, 3.63) is 24.3 Å². The second kappa shape index (κ2) is 3.87. The van der Waals surface area contributed by atoms with Gasteiger partial charge in [0.25, 0.3) is 0 Å². The number of hydrogen-bond donors (Lipinski definition) is 0. The number of rotatable bonds is 4. The van der Waals surface area contributed by atoms with E-state index in [1.807, 2.05) is 35.9 Å². The lowest BCUT2D eigenvalue weighted by Gasteiger charge is -2.16. The topological polar surface area (TPSA) is 39.9 Å². The first-order valence-corrected chi connectivity index (χ1v) is 5.81. The Morgan fingerprint density at radius 1 is 1.44 bits per heavy atom. The van der Waals surface area contributed by atoms with Crippen molar-refractivity contribution in [1.82, 2.24) is 15.0 Å². The fourth-order valence-corrected chi connectivity index (χ4v) is 2.03. The summed E-state index contributed by atoms with van der Waals surface area (Å²) in [7, 11) is 0. The van der Waals surface area contributed by atoms with Crippen LogP contribution in [0.1, 0.15) is 26.0 Å². The molecule has 1 heterocycles. The summed E-state index contributed by atoms with van der Waals surface area (Å²) >= 11 is 0. The van der Waals surface area contributed by atoms with E-state index in [1.54, 1.807) is 0 Å². The molecule has 1 unspecified atom stereocenters. The first-order valence-electron chi connectivity index (χ1n) is 5.81. The minimum Gasteiger partial charge on any atom is -0.356 e. The summed E-state index contributed by atoms with van der Waals surface area (Å²) in [5.41, 5.74) is 2.00. The molecule has 1 saturated carbocycles. The molecule has 1 aromatic carbocycles. The van der Waals surface area contributed by atoms with Gasteiger partial charge in [0.05, 0.1) is 5.52 Å². The van der Waals surface area contributed by atoms with Crippen LogP contribution in [0.3, 0.4) is 0 Å². The summed E-state index contributed by atoms with van der Waals surface area (Å²) in [6, 6.07) is 8.02. The molecule has 0 N–H and O–H groups in total. The number of nitrogens with zero attached hydrogens (tertiary/aromatic N) is 3. The molecule has 0 spiro atoms. The van der Waals surface area contributed by atoms with Gasteiger partial charge in [-0.3, -0.25) is 0 Å². The number of fused-ring (bicyclic) bond motifs is 1. The predicted molar refractivity (Wildman–Crippen MR) is 60.9 cm³/mol. The van der Waals surface area contributed by atoms with Gasteiger partial charge in [0.1, 0.15) is 5.52 Å². The van der Waals surface area contributed by atoms with Gasteiger partial charge in [-0.15, -0.1) is 5.10 Å². The van der Waals surface area contributed by atoms with Crippen molar-refractivity contribution < 1.29 is 4.74 Å². The van der Waals surface area contributed by atoms with Gasteiger partial charge >= 0.3 is 0 Å². The Bertz CT molecular complexity index is 490. The largest absolute Gasteiger partial charge is 0.356 e. The van der Waals surface area contributed by atoms with Crippen molar-refractivity contribution in [2.24, 2.45) is 5.92 Å². The van der Waals surface area contributed by atoms with Gasteiger partial charge in [-0.1, -0.05) is 17.3 Å². The lowest BCUT2D eigenvalue weighted by molar-refractivity contribution is -0.0129. The molecule has 0 aliphatic heterocycles. The molecule has 84 valence electrons. The smallest absolute Gasteiger partial charge is 0.155 e. The van der Waals surface area contributed by atoms with Gasteiger partial charge in [0, 0.05) is 12.5 Å². The Hall–Kier alpha value is -1.42. The van der Waals surface area contributed by atoms with Gasteiger partial charge in [-0.25, -0.2) is 4.68 Å². The normalized spacial score (nSPS) is 17.8. The molecule has 0 bridgehead atoms. The second-order valence-electron chi connectivity index (χ2n) is 4.21. The van der Waals surface area contributed by atoms with E-state index >= 15 is 0 Å². The molecule has 1 aliphatic carbocycles. The molecular weight excluding hydrogens is 202 g/mol. The average molecular weight is 217 g/mol. The van der Waals surface area contributed by atoms with Crippen LogP contribution in [0.5, 0.6) is 0 Å². The minimum atomic E-state index is 0.0670. The van der Waals surface area contributed by atoms with E-state index in [4.69, 9.17) is 4.74 Å². The number of aromatic nitrogens is 3. The van der Waals surface area contributed by atoms with E-state index in [1.165, 1.54) is 12.8 Å². The van der Waals surface area contributed by atoms with Gasteiger partial charge in [0.2, 0.25) is 0 Å². The van der Waals surface area contributed by atoms with Gasteiger partial charge in [-0.2, -0.15) is 0 Å². The summed E-state index contributed by atoms with van der Waals surface area (Å²) in [5.74, 6) is 0.616. The van der Waals surface area contributed by atoms with E-state index in [9.17, 15) is 0 Å². The van der Waals surface area contributed by atoms with E-state index in [2.05, 4.69) is 10.3 Å². The molecule has 0 saturated heterocycles. The molecule has 3 rings (SSSR count). The Morgan fingerprint density at radius 2 is 2.25 bits per heavy atom. The first-order chi connectivity index (χ1) is 7.90. The number of para-hydroxylation sites is 1. The zero-order chi connectivity index (χ0) is 11.0. The maximum Gasteiger partial charge on any atom is 0.155 e. The minimum absolute atomic E-state index is 0.0670. The number of benzene rings is 1. The predicted octanol–water partition coefficient (Wildman–Crippen LogP) is 2.38. The maximum absolute atomic E-state index is 5.78. The monoisotopic (exact) mass is 217 g/mol. The van der Waals surface area contributed by atoms with Crippen LogP contribution >= 0.6 is 0 Å². The number of hydrogen-bond acceptors (Lipinski definition) is 3. The van der Waals surface area contributed by atoms with E-state index in [0.717, 1.165) is 17.6 Å². The van der Waals surface area contributed by atoms with Gasteiger partial charge < -0.3 is 4.74 Å². The summed E-state index contributed by atoms with van der Waals surface area (Å²) in [6.45, 7) is 2.74. The third kappa shape index (κ3) is 1.59. The van der Waals surface area contributed by atoms with Crippen LogP contribution in [0.15, 0.2) is 24.3 Å². The molecule has 1 aromatic heterocycles. The molecule has 4 nitrogen and oxygen atoms in total. The van der Waals surface area contributed by atoms with Crippen molar-refractivity contribution >= 4 is 11.0 Å². The van der Waals surface area contributed by atoms with Crippen molar-refractivity contribution in [2.75, 3.05) is 6.61 Å². The maximum atomic E-state index is 5.78. The standard InChI is InChI=1S/C12H15N3O/c1-2-16-12(9-7-8-9)15-11-6-4-3-5-10(11)13-14-15/h3-6,9,12H,2,7-8H2,1H3. The van der Waals surface area contributed by atoms with Crippen LogP contribution < -0.4 is 0 Å². The fourth-order valence-electron chi connectivity index (χ4n) is 2.03. The van der Waals surface area contributed by atoms with Crippen molar-refractivity contribution in [2.45, 2.75) is 26.0 Å². The van der Waals surface area contributed by atoms with Crippen molar-refractivity contribution in [1.29, 1.82) is 0 Å². The Balaban J connectivity index is 2.02. The molecule has 1 aliphatic rings. The van der Waals surface area contributed by atoms with Gasteiger partial charge in [-0.05, 0) is 31.9 Å². The Kier molecular flexibility index (Phi) is 2.36. The highest BCUT2D eigenvalue weighted by atomic mass is 16.5. The highest BCUT2D eigenvalue weighted by Crippen LogP contribution is 2.40. The van der Waals surface area contributed by atoms with Crippen LogP contribution in [-0.2, 0) is 4.74 Å². The molecule has 2 aromatic rings. The highest BCUT2D eigenvalue weighted by Gasteiger charge is 2.34. The summed E-state index contributed by atoms with van der Waals surface area (Å²) in [5, 5.41) is 8.38. The molecular formula is C12H15N3O. The molecule has 1 atom stereocenters. The first kappa shape index (κ1) is 9.78. The molecule has 0 amide bonds. The summed E-state index contributed by atoms with van der Waals surface area (Å²) in [6.07, 6.45) is 2.54. The SMILES string of the molecule is CCOC(C1CC1)n1nnc2ccccc21. The molecule has 4 heteroatoms. The van der Waals surface area contributed by atoms with Crippen molar-refractivity contribution in [3.63, 3.8) is 0 Å². The zero-order valence-corrected chi connectivity index (χ0v) is 9.34. The van der Waals surface area contributed by atoms with E-state index < -0.39 is 0 Å². The number of ether oxygens (including phenoxy) is 1. The van der Waals surface area contributed by atoms with Crippen LogP contribution in [0.25, 0.3) is 11.0 Å². The van der Waals surface area contributed by atoms with Crippen LogP contribution in [0.4, 0.5) is 0 Å². The van der Waals surface area contributed by atoms with Crippen LogP contribution in [0, 0.1) is 5.92 Å². The zero-order valence-electron chi connectivity index (χ0n) is 9.34. The third-order valence-electron chi connectivity index (χ3n) is 2.98. The Morgan fingerprint density at radius 3 is 3.00 bits per heavy atom. The molecule has 0 radical (unpaired) electrons. The highest BCUT2D eigenvalue weighted by molar-refractivity contribution is 5.73. The van der Waals surface area contributed by atoms with Crippen LogP contribution in [-0.4, -0.2) is 21.6 Å². The van der Waals surface area contributed by atoms with Gasteiger partial charge in [0.15, 0.2) is 6.23 Å². The molecule has 1 fully saturated rings. The summed E-state index contributed by atoms with van der Waals surface area (Å²) < 4.78 is 7.71. The lowest BCUT2D eigenvalue weighted by atomic mass is 10.3. The average Bonchev–Trinajstić information content (AvgIpc) is 3.06. The lowest BCUT2D eigenvalue weighted by Crippen LogP contribution is -2.16.